The van der Waals surface area contributed by atoms with Gasteiger partial charge in [-0.3, -0.25) is 0 Å². The van der Waals surface area contributed by atoms with Crippen LogP contribution in [0.25, 0.3) is 0 Å². The molecule has 0 amide bonds. The van der Waals surface area contributed by atoms with Gasteiger partial charge in [0.2, 0.25) is 0 Å². The van der Waals surface area contributed by atoms with Gasteiger partial charge in [-0.15, -0.1) is 0 Å². The molecule has 0 atom stereocenters. The van der Waals surface area contributed by atoms with Gasteiger partial charge in [-0.25, -0.2) is 9.78 Å². The number of hydrogen-bond acceptors (Lipinski definition) is 2. The Bertz CT molecular complexity index is 355. The molecule has 0 aliphatic rings. The highest BCUT2D eigenvalue weighted by molar-refractivity contribution is 5.20. The second-order valence-electron chi connectivity index (χ2n) is 6.26. The highest BCUT2D eigenvalue weighted by atomic mass is 17.2. The standard InChI is InChI=1S/C17H28O2/c1-6-7-11-14-16(2,3)18-19-17(4,5)15-12-9-8-10-13-15/h8-10,12-13H,6-7,11,14H2,1-5H3. The minimum absolute atomic E-state index is 0.235. The molecule has 1 rings (SSSR count). The maximum absolute atomic E-state index is 5.71. The summed E-state index contributed by atoms with van der Waals surface area (Å²) in [6.07, 6.45) is 4.67. The summed E-state index contributed by atoms with van der Waals surface area (Å²) in [5.41, 5.74) is 0.462. The highest BCUT2D eigenvalue weighted by Crippen LogP contribution is 2.28. The quantitative estimate of drug-likeness (QED) is 0.363. The molecule has 0 N–H and O–H groups in total. The molecule has 0 fully saturated rings. The number of unbranched alkanes of at least 4 members (excludes halogenated alkanes) is 2. The maximum atomic E-state index is 5.71. The Morgan fingerprint density at radius 2 is 1.53 bits per heavy atom. The lowest BCUT2D eigenvalue weighted by atomic mass is 9.98. The van der Waals surface area contributed by atoms with Crippen molar-refractivity contribution >= 4 is 0 Å². The minimum atomic E-state index is -0.427. The van der Waals surface area contributed by atoms with Crippen LogP contribution in [0.15, 0.2) is 30.3 Å². The zero-order chi connectivity index (χ0) is 14.4. The summed E-state index contributed by atoms with van der Waals surface area (Å²) in [5, 5.41) is 0. The topological polar surface area (TPSA) is 18.5 Å². The van der Waals surface area contributed by atoms with Gasteiger partial charge in [0, 0.05) is 0 Å². The van der Waals surface area contributed by atoms with Crippen molar-refractivity contribution in [1.29, 1.82) is 0 Å². The van der Waals surface area contributed by atoms with E-state index in [0.29, 0.717) is 0 Å². The highest BCUT2D eigenvalue weighted by Gasteiger charge is 2.27. The molecule has 1 aromatic carbocycles. The largest absolute Gasteiger partial charge is 0.230 e. The van der Waals surface area contributed by atoms with E-state index < -0.39 is 5.60 Å². The molecule has 0 spiro atoms. The molecular formula is C17H28O2. The Labute approximate surface area is 118 Å². The molecule has 0 heterocycles. The van der Waals surface area contributed by atoms with Crippen LogP contribution >= 0.6 is 0 Å². The van der Waals surface area contributed by atoms with Gasteiger partial charge >= 0.3 is 0 Å². The van der Waals surface area contributed by atoms with E-state index in [9.17, 15) is 0 Å². The van der Waals surface area contributed by atoms with Crippen LogP contribution in [0.4, 0.5) is 0 Å². The van der Waals surface area contributed by atoms with Gasteiger partial charge < -0.3 is 0 Å². The Morgan fingerprint density at radius 3 is 2.11 bits per heavy atom. The van der Waals surface area contributed by atoms with Crippen molar-refractivity contribution in [3.63, 3.8) is 0 Å². The third kappa shape index (κ3) is 5.75. The van der Waals surface area contributed by atoms with Crippen molar-refractivity contribution in [3.8, 4) is 0 Å². The van der Waals surface area contributed by atoms with E-state index in [2.05, 4.69) is 32.9 Å². The Balaban J connectivity index is 2.50. The van der Waals surface area contributed by atoms with Gasteiger partial charge in [-0.1, -0.05) is 56.5 Å². The van der Waals surface area contributed by atoms with Gasteiger partial charge in [-0.2, -0.15) is 0 Å². The number of hydrogen-bond donors (Lipinski definition) is 0. The molecule has 0 bridgehead atoms. The molecule has 0 aliphatic heterocycles. The summed E-state index contributed by atoms with van der Waals surface area (Å²) in [6.45, 7) is 10.4. The van der Waals surface area contributed by atoms with Gasteiger partial charge in [0.25, 0.3) is 0 Å². The van der Waals surface area contributed by atoms with E-state index in [1.54, 1.807) is 0 Å². The van der Waals surface area contributed by atoms with Crippen molar-refractivity contribution < 1.29 is 9.78 Å². The summed E-state index contributed by atoms with van der Waals surface area (Å²) in [7, 11) is 0. The minimum Gasteiger partial charge on any atom is -0.230 e. The van der Waals surface area contributed by atoms with Gasteiger partial charge in [0.1, 0.15) is 5.60 Å². The van der Waals surface area contributed by atoms with Crippen LogP contribution in [-0.2, 0) is 15.4 Å². The molecule has 0 radical (unpaired) electrons. The summed E-state index contributed by atoms with van der Waals surface area (Å²) < 4.78 is 0. The van der Waals surface area contributed by atoms with E-state index in [0.717, 1.165) is 12.0 Å². The van der Waals surface area contributed by atoms with Crippen LogP contribution in [-0.4, -0.2) is 5.60 Å². The Hall–Kier alpha value is -0.860. The molecule has 2 nitrogen and oxygen atoms in total. The summed E-state index contributed by atoms with van der Waals surface area (Å²) in [6, 6.07) is 10.2. The monoisotopic (exact) mass is 264 g/mol. The van der Waals surface area contributed by atoms with Crippen molar-refractivity contribution in [3.05, 3.63) is 35.9 Å². The fourth-order valence-electron chi connectivity index (χ4n) is 1.95. The van der Waals surface area contributed by atoms with Crippen LogP contribution < -0.4 is 0 Å². The van der Waals surface area contributed by atoms with E-state index in [-0.39, 0.29) is 5.60 Å². The SMILES string of the molecule is CCCCCC(C)(C)OOC(C)(C)c1ccccc1. The molecule has 108 valence electrons. The smallest absolute Gasteiger partial charge is 0.123 e. The first-order chi connectivity index (χ1) is 8.87. The summed E-state index contributed by atoms with van der Waals surface area (Å²) >= 11 is 0. The van der Waals surface area contributed by atoms with E-state index in [4.69, 9.17) is 9.78 Å². The first-order valence-corrected chi connectivity index (χ1v) is 7.30. The molecule has 2 heteroatoms. The zero-order valence-corrected chi connectivity index (χ0v) is 13.0. The number of benzene rings is 1. The fourth-order valence-corrected chi connectivity index (χ4v) is 1.95. The molecule has 0 saturated carbocycles. The zero-order valence-electron chi connectivity index (χ0n) is 13.0. The van der Waals surface area contributed by atoms with Crippen LogP contribution in [0.2, 0.25) is 0 Å². The molecular weight excluding hydrogens is 236 g/mol. The van der Waals surface area contributed by atoms with Gasteiger partial charge in [0.05, 0.1) is 5.60 Å². The van der Waals surface area contributed by atoms with Crippen molar-refractivity contribution in [2.45, 2.75) is 71.5 Å². The summed E-state index contributed by atoms with van der Waals surface area (Å²) in [4.78, 5) is 11.4. The molecule has 1 aromatic rings. The predicted octanol–water partition coefficient (Wildman–Crippen LogP) is 5.23. The van der Waals surface area contributed by atoms with Crippen LogP contribution in [0.1, 0.15) is 65.9 Å². The van der Waals surface area contributed by atoms with Crippen LogP contribution in [0, 0.1) is 0 Å². The average Bonchev–Trinajstić information content (AvgIpc) is 2.38. The molecule has 0 aromatic heterocycles. The molecule has 0 aliphatic carbocycles. The predicted molar refractivity (Wildman–Crippen MR) is 79.9 cm³/mol. The maximum Gasteiger partial charge on any atom is 0.123 e. The fraction of sp³-hybridized carbons (Fsp3) is 0.647. The first kappa shape index (κ1) is 16.2. The average molecular weight is 264 g/mol. The Kier molecular flexibility index (Phi) is 6.02. The normalized spacial score (nSPS) is 12.7. The van der Waals surface area contributed by atoms with Crippen molar-refractivity contribution in [2.24, 2.45) is 0 Å². The van der Waals surface area contributed by atoms with Gasteiger partial charge in [-0.05, 0) is 39.7 Å². The van der Waals surface area contributed by atoms with Crippen LogP contribution in [0.5, 0.6) is 0 Å². The van der Waals surface area contributed by atoms with Crippen molar-refractivity contribution in [1.82, 2.24) is 0 Å². The van der Waals surface area contributed by atoms with E-state index in [1.165, 1.54) is 19.3 Å². The lowest BCUT2D eigenvalue weighted by molar-refractivity contribution is -0.406. The molecule has 0 saturated heterocycles. The summed E-state index contributed by atoms with van der Waals surface area (Å²) in [5.74, 6) is 0. The third-order valence-electron chi connectivity index (χ3n) is 3.33. The second-order valence-corrected chi connectivity index (χ2v) is 6.26. The Morgan fingerprint density at radius 1 is 0.895 bits per heavy atom. The van der Waals surface area contributed by atoms with Crippen LogP contribution in [0.3, 0.4) is 0 Å². The molecule has 0 unspecified atom stereocenters. The van der Waals surface area contributed by atoms with Gasteiger partial charge in [0.15, 0.2) is 0 Å². The third-order valence-corrected chi connectivity index (χ3v) is 3.33. The number of rotatable bonds is 8. The van der Waals surface area contributed by atoms with E-state index in [1.807, 2.05) is 32.0 Å². The van der Waals surface area contributed by atoms with Crippen molar-refractivity contribution in [2.75, 3.05) is 0 Å². The second kappa shape index (κ2) is 7.06. The van der Waals surface area contributed by atoms with E-state index >= 15 is 0 Å². The first-order valence-electron chi connectivity index (χ1n) is 7.30. The lowest BCUT2D eigenvalue weighted by Crippen LogP contribution is -2.31. The lowest BCUT2D eigenvalue weighted by Gasteiger charge is -2.31. The molecule has 19 heavy (non-hydrogen) atoms.